The molecular weight excluding hydrogens is 236 g/mol. The molecule has 3 nitrogen and oxygen atoms in total. The summed E-state index contributed by atoms with van der Waals surface area (Å²) in [4.78, 5) is 2.80. The van der Waals surface area contributed by atoms with E-state index in [0.29, 0.717) is 0 Å². The lowest BCUT2D eigenvalue weighted by atomic mass is 9.88. The maximum absolute atomic E-state index is 6.19. The van der Waals surface area contributed by atoms with E-state index in [1.807, 2.05) is 0 Å². The van der Waals surface area contributed by atoms with Crippen LogP contribution in [0.3, 0.4) is 0 Å². The average molecular weight is 264 g/mol. The Morgan fingerprint density at radius 1 is 1.05 bits per heavy atom. The minimum Gasteiger partial charge on any atom is -0.375 e. The Morgan fingerprint density at radius 2 is 1.95 bits per heavy atom. The molecule has 108 valence electrons. The van der Waals surface area contributed by atoms with Gasteiger partial charge in [0.15, 0.2) is 0 Å². The minimum absolute atomic E-state index is 0.282. The Bertz CT molecular complexity index is 313. The Balaban J connectivity index is 1.42. The van der Waals surface area contributed by atoms with Crippen molar-refractivity contribution in [2.75, 3.05) is 26.2 Å². The van der Waals surface area contributed by atoms with Crippen LogP contribution >= 0.6 is 0 Å². The first kappa shape index (κ1) is 12.6. The Kier molecular flexibility index (Phi) is 3.33. The normalized spacial score (nSPS) is 42.6. The Hall–Kier alpha value is -0.120. The molecule has 1 N–H and O–H groups in total. The fourth-order valence-corrected chi connectivity index (χ4v) is 5.06. The van der Waals surface area contributed by atoms with Gasteiger partial charge in [0.1, 0.15) is 0 Å². The van der Waals surface area contributed by atoms with Crippen LogP contribution in [0.25, 0.3) is 0 Å². The predicted molar refractivity (Wildman–Crippen MR) is 76.3 cm³/mol. The van der Waals surface area contributed by atoms with E-state index in [1.165, 1.54) is 71.0 Å². The topological polar surface area (TPSA) is 24.5 Å². The minimum atomic E-state index is 0.282. The lowest BCUT2D eigenvalue weighted by Gasteiger charge is -2.42. The fourth-order valence-electron chi connectivity index (χ4n) is 5.06. The van der Waals surface area contributed by atoms with E-state index < -0.39 is 0 Å². The van der Waals surface area contributed by atoms with Gasteiger partial charge in [0.2, 0.25) is 0 Å². The zero-order valence-corrected chi connectivity index (χ0v) is 12.1. The van der Waals surface area contributed by atoms with E-state index in [4.69, 9.17) is 4.74 Å². The number of fused-ring (bicyclic) bond motifs is 1. The van der Waals surface area contributed by atoms with Crippen molar-refractivity contribution >= 4 is 0 Å². The van der Waals surface area contributed by atoms with Gasteiger partial charge in [-0.25, -0.2) is 0 Å². The summed E-state index contributed by atoms with van der Waals surface area (Å²) < 4.78 is 6.19. The van der Waals surface area contributed by atoms with Gasteiger partial charge in [-0.1, -0.05) is 12.8 Å². The number of nitrogens with one attached hydrogen (secondary N) is 1. The number of piperidine rings is 1. The maximum atomic E-state index is 6.19. The highest BCUT2D eigenvalue weighted by atomic mass is 16.5. The van der Waals surface area contributed by atoms with Crippen LogP contribution in [-0.2, 0) is 4.74 Å². The zero-order chi connectivity index (χ0) is 12.7. The largest absolute Gasteiger partial charge is 0.375 e. The van der Waals surface area contributed by atoms with E-state index in [9.17, 15) is 0 Å². The van der Waals surface area contributed by atoms with Crippen molar-refractivity contribution in [3.05, 3.63) is 0 Å². The number of hydrogen-bond donors (Lipinski definition) is 1. The summed E-state index contributed by atoms with van der Waals surface area (Å²) in [6.07, 6.45) is 10.8. The monoisotopic (exact) mass is 264 g/mol. The molecular formula is C16H28N2O. The summed E-state index contributed by atoms with van der Waals surface area (Å²) in [6.45, 7) is 4.89. The number of likely N-dealkylation sites (tertiary alicyclic amines) is 1. The van der Waals surface area contributed by atoms with Gasteiger partial charge in [0, 0.05) is 31.8 Å². The molecule has 0 aromatic rings. The molecule has 3 heteroatoms. The second kappa shape index (κ2) is 5.01. The molecule has 4 rings (SSSR count). The number of rotatable bonds is 1. The van der Waals surface area contributed by atoms with Gasteiger partial charge >= 0.3 is 0 Å². The van der Waals surface area contributed by atoms with Gasteiger partial charge in [-0.05, 0) is 51.0 Å². The van der Waals surface area contributed by atoms with Gasteiger partial charge in [0.05, 0.1) is 5.60 Å². The Morgan fingerprint density at radius 3 is 2.79 bits per heavy atom. The van der Waals surface area contributed by atoms with Crippen LogP contribution in [0.2, 0.25) is 0 Å². The van der Waals surface area contributed by atoms with Gasteiger partial charge in [-0.15, -0.1) is 0 Å². The number of hydrogen-bond acceptors (Lipinski definition) is 3. The van der Waals surface area contributed by atoms with Gasteiger partial charge in [-0.3, -0.25) is 4.90 Å². The SMILES string of the molecule is C1CNC2CN(C3CCOC4(CCCC4)C3)CC2C1. The molecule has 0 bridgehead atoms. The highest BCUT2D eigenvalue weighted by Gasteiger charge is 2.44. The third-order valence-electron chi connectivity index (χ3n) is 6.13. The molecule has 4 aliphatic rings. The van der Waals surface area contributed by atoms with Crippen LogP contribution in [0.5, 0.6) is 0 Å². The number of nitrogens with zero attached hydrogens (tertiary/aromatic N) is 1. The molecule has 3 atom stereocenters. The summed E-state index contributed by atoms with van der Waals surface area (Å²) in [5.74, 6) is 0.927. The Labute approximate surface area is 117 Å². The first-order valence-electron chi connectivity index (χ1n) is 8.46. The van der Waals surface area contributed by atoms with Crippen LogP contribution in [-0.4, -0.2) is 48.8 Å². The van der Waals surface area contributed by atoms with Crippen LogP contribution in [0.4, 0.5) is 0 Å². The van der Waals surface area contributed by atoms with Crippen molar-refractivity contribution in [3.63, 3.8) is 0 Å². The van der Waals surface area contributed by atoms with Crippen molar-refractivity contribution < 1.29 is 4.74 Å². The third-order valence-corrected chi connectivity index (χ3v) is 6.13. The third kappa shape index (κ3) is 2.34. The smallest absolute Gasteiger partial charge is 0.0697 e. The second-order valence-electron chi connectivity index (χ2n) is 7.30. The molecule has 0 aromatic carbocycles. The van der Waals surface area contributed by atoms with Gasteiger partial charge < -0.3 is 10.1 Å². The van der Waals surface area contributed by atoms with E-state index in [-0.39, 0.29) is 5.60 Å². The molecule has 0 aromatic heterocycles. The van der Waals surface area contributed by atoms with Crippen molar-refractivity contribution in [2.45, 2.75) is 69.1 Å². The summed E-state index contributed by atoms with van der Waals surface area (Å²) in [5.41, 5.74) is 0.282. The lowest BCUT2D eigenvalue weighted by molar-refractivity contribution is -0.0995. The summed E-state index contributed by atoms with van der Waals surface area (Å²) in [6, 6.07) is 1.59. The molecule has 0 radical (unpaired) electrons. The summed E-state index contributed by atoms with van der Waals surface area (Å²) >= 11 is 0. The summed E-state index contributed by atoms with van der Waals surface area (Å²) in [7, 11) is 0. The molecule has 19 heavy (non-hydrogen) atoms. The highest BCUT2D eigenvalue weighted by molar-refractivity contribution is 4.99. The molecule has 1 aliphatic carbocycles. The second-order valence-corrected chi connectivity index (χ2v) is 7.30. The van der Waals surface area contributed by atoms with Gasteiger partial charge in [0.25, 0.3) is 0 Å². The van der Waals surface area contributed by atoms with Crippen molar-refractivity contribution in [1.82, 2.24) is 10.2 Å². The molecule has 3 heterocycles. The van der Waals surface area contributed by atoms with E-state index in [2.05, 4.69) is 10.2 Å². The zero-order valence-electron chi connectivity index (χ0n) is 12.1. The van der Waals surface area contributed by atoms with E-state index in [0.717, 1.165) is 24.6 Å². The standard InChI is InChI=1S/C16H28N2O/c1-2-7-16(6-1)10-14(5-9-19-16)18-11-13-4-3-8-17-15(13)12-18/h13-15,17H,1-12H2. The van der Waals surface area contributed by atoms with E-state index >= 15 is 0 Å². The first-order valence-corrected chi connectivity index (χ1v) is 8.46. The fraction of sp³-hybridized carbons (Fsp3) is 1.00. The van der Waals surface area contributed by atoms with E-state index in [1.54, 1.807) is 0 Å². The lowest BCUT2D eigenvalue weighted by Crippen LogP contribution is -2.47. The molecule has 1 spiro atoms. The quantitative estimate of drug-likeness (QED) is 0.785. The van der Waals surface area contributed by atoms with Crippen LogP contribution < -0.4 is 5.32 Å². The van der Waals surface area contributed by atoms with Crippen LogP contribution in [0.15, 0.2) is 0 Å². The molecule has 1 saturated carbocycles. The predicted octanol–water partition coefficient (Wildman–Crippen LogP) is 2.16. The highest BCUT2D eigenvalue weighted by Crippen LogP contribution is 2.42. The molecule has 3 unspecified atom stereocenters. The van der Waals surface area contributed by atoms with Crippen LogP contribution in [0, 0.1) is 5.92 Å². The summed E-state index contributed by atoms with van der Waals surface area (Å²) in [5, 5.41) is 3.74. The molecule has 3 saturated heterocycles. The number of ether oxygens (including phenoxy) is 1. The van der Waals surface area contributed by atoms with Crippen LogP contribution in [0.1, 0.15) is 51.4 Å². The van der Waals surface area contributed by atoms with Crippen molar-refractivity contribution in [2.24, 2.45) is 5.92 Å². The molecule has 0 amide bonds. The molecule has 4 fully saturated rings. The first-order chi connectivity index (χ1) is 9.35. The van der Waals surface area contributed by atoms with Crippen molar-refractivity contribution in [1.29, 1.82) is 0 Å². The van der Waals surface area contributed by atoms with Gasteiger partial charge in [-0.2, -0.15) is 0 Å². The molecule has 3 aliphatic heterocycles. The van der Waals surface area contributed by atoms with Crippen molar-refractivity contribution in [3.8, 4) is 0 Å². The average Bonchev–Trinajstić information content (AvgIpc) is 3.05. The maximum Gasteiger partial charge on any atom is 0.0697 e.